The molecule has 0 bridgehead atoms. The zero-order valence-corrected chi connectivity index (χ0v) is 19.7. The van der Waals surface area contributed by atoms with E-state index in [-0.39, 0.29) is 11.9 Å². The third-order valence-electron chi connectivity index (χ3n) is 5.62. The summed E-state index contributed by atoms with van der Waals surface area (Å²) in [5.74, 6) is 0.846. The zero-order chi connectivity index (χ0) is 23.7. The van der Waals surface area contributed by atoms with Crippen LogP contribution in [-0.2, 0) is 16.4 Å². The van der Waals surface area contributed by atoms with Crippen molar-refractivity contribution in [2.75, 3.05) is 12.0 Å². The summed E-state index contributed by atoms with van der Waals surface area (Å²) in [5, 5.41) is 12.8. The molecule has 1 unspecified atom stereocenters. The number of nitrogens with zero attached hydrogens (tertiary/aromatic N) is 5. The van der Waals surface area contributed by atoms with Crippen molar-refractivity contribution in [3.8, 4) is 17.0 Å². The Morgan fingerprint density at radius 2 is 2.00 bits per heavy atom. The third kappa shape index (κ3) is 4.62. The van der Waals surface area contributed by atoms with Crippen LogP contribution in [0.1, 0.15) is 25.0 Å². The number of rotatable bonds is 8. The number of sulfone groups is 1. The average Bonchev–Trinajstić information content (AvgIpc) is 3.44. The van der Waals surface area contributed by atoms with E-state index in [1.807, 2.05) is 49.5 Å². The van der Waals surface area contributed by atoms with Gasteiger partial charge < -0.3 is 4.74 Å². The summed E-state index contributed by atoms with van der Waals surface area (Å²) in [6.07, 6.45) is 8.50. The summed E-state index contributed by atoms with van der Waals surface area (Å²) in [6.45, 7) is 2.51. The molecule has 3 aromatic heterocycles. The second-order valence-electron chi connectivity index (χ2n) is 8.29. The maximum atomic E-state index is 11.4. The number of H-pyrrole nitrogens is 1. The van der Waals surface area contributed by atoms with Crippen molar-refractivity contribution in [3.05, 3.63) is 66.7 Å². The molecule has 0 amide bonds. The van der Waals surface area contributed by atoms with Crippen molar-refractivity contribution in [3.63, 3.8) is 0 Å². The van der Waals surface area contributed by atoms with Crippen LogP contribution in [0.25, 0.3) is 33.2 Å². The van der Waals surface area contributed by atoms with Gasteiger partial charge in [0.25, 0.3) is 0 Å². The molecule has 0 saturated carbocycles. The summed E-state index contributed by atoms with van der Waals surface area (Å²) in [6, 6.07) is 11.7. The summed E-state index contributed by atoms with van der Waals surface area (Å²) in [7, 11) is -2.99. The van der Waals surface area contributed by atoms with Crippen LogP contribution < -0.4 is 4.74 Å². The molecule has 5 aromatic rings. The van der Waals surface area contributed by atoms with E-state index in [4.69, 9.17) is 4.74 Å². The van der Waals surface area contributed by atoms with Crippen molar-refractivity contribution in [1.82, 2.24) is 29.9 Å². The van der Waals surface area contributed by atoms with Gasteiger partial charge in [-0.25, -0.2) is 8.42 Å². The van der Waals surface area contributed by atoms with Crippen molar-refractivity contribution in [2.24, 2.45) is 0 Å². The highest BCUT2D eigenvalue weighted by molar-refractivity contribution is 7.90. The largest absolute Gasteiger partial charge is 0.486 e. The molecule has 34 heavy (non-hydrogen) atoms. The summed E-state index contributed by atoms with van der Waals surface area (Å²) >= 11 is 0. The summed E-state index contributed by atoms with van der Waals surface area (Å²) in [4.78, 5) is 8.85. The van der Waals surface area contributed by atoms with Crippen LogP contribution in [0.15, 0.2) is 61.2 Å². The van der Waals surface area contributed by atoms with Gasteiger partial charge in [0.05, 0.1) is 28.5 Å². The minimum absolute atomic E-state index is 0.134. The van der Waals surface area contributed by atoms with Gasteiger partial charge in [-0.15, -0.1) is 0 Å². The molecule has 0 saturated heterocycles. The van der Waals surface area contributed by atoms with E-state index in [1.54, 1.807) is 23.3 Å². The lowest BCUT2D eigenvalue weighted by atomic mass is 10.1. The third-order valence-corrected chi connectivity index (χ3v) is 6.65. The molecule has 0 aliphatic carbocycles. The van der Waals surface area contributed by atoms with Gasteiger partial charge in [0.1, 0.15) is 27.4 Å². The Morgan fingerprint density at radius 1 is 1.15 bits per heavy atom. The normalized spacial score (nSPS) is 12.9. The fraction of sp³-hybridized carbons (Fsp3) is 0.250. The van der Waals surface area contributed by atoms with Gasteiger partial charge in [-0.2, -0.15) is 10.2 Å². The fourth-order valence-electron chi connectivity index (χ4n) is 3.99. The molecule has 0 aliphatic rings. The second kappa shape index (κ2) is 8.86. The molecule has 0 fully saturated rings. The SMILES string of the molecule is CC(Oc1ccc2[nH]nc(-c3cnn(CCCS(C)(=O)=O)c3)c2c1)c1cccc2nccnc12. The first-order valence-corrected chi connectivity index (χ1v) is 13.0. The quantitative estimate of drug-likeness (QED) is 0.360. The van der Waals surface area contributed by atoms with Gasteiger partial charge in [-0.1, -0.05) is 12.1 Å². The van der Waals surface area contributed by atoms with Crippen molar-refractivity contribution in [1.29, 1.82) is 0 Å². The van der Waals surface area contributed by atoms with E-state index >= 15 is 0 Å². The number of para-hydroxylation sites is 1. The van der Waals surface area contributed by atoms with Crippen LogP contribution in [0.2, 0.25) is 0 Å². The molecule has 0 radical (unpaired) electrons. The van der Waals surface area contributed by atoms with E-state index in [0.717, 1.165) is 38.8 Å². The summed E-state index contributed by atoms with van der Waals surface area (Å²) < 4.78 is 30.7. The monoisotopic (exact) mass is 476 g/mol. The number of aromatic nitrogens is 6. The van der Waals surface area contributed by atoms with E-state index in [1.165, 1.54) is 6.26 Å². The molecule has 2 aromatic carbocycles. The Kier molecular flexibility index (Phi) is 5.74. The van der Waals surface area contributed by atoms with Gasteiger partial charge in [0.2, 0.25) is 0 Å². The van der Waals surface area contributed by atoms with Crippen molar-refractivity contribution >= 4 is 31.8 Å². The van der Waals surface area contributed by atoms with Crippen molar-refractivity contribution < 1.29 is 13.2 Å². The van der Waals surface area contributed by atoms with Gasteiger partial charge in [-0.05, 0) is 37.6 Å². The maximum Gasteiger partial charge on any atom is 0.147 e. The Labute approximate surface area is 196 Å². The Balaban J connectivity index is 1.38. The molecule has 10 heteroatoms. The number of nitrogens with one attached hydrogen (secondary N) is 1. The highest BCUT2D eigenvalue weighted by atomic mass is 32.2. The predicted molar refractivity (Wildman–Crippen MR) is 130 cm³/mol. The lowest BCUT2D eigenvalue weighted by Gasteiger charge is -2.16. The number of aryl methyl sites for hydroxylation is 1. The predicted octanol–water partition coefficient (Wildman–Crippen LogP) is 3.94. The number of aromatic amines is 1. The Bertz CT molecular complexity index is 1570. The lowest BCUT2D eigenvalue weighted by Crippen LogP contribution is -2.07. The van der Waals surface area contributed by atoms with Crippen LogP contribution >= 0.6 is 0 Å². The molecule has 1 atom stereocenters. The molecule has 174 valence electrons. The fourth-order valence-corrected chi connectivity index (χ4v) is 4.65. The first-order valence-electron chi connectivity index (χ1n) is 10.9. The van der Waals surface area contributed by atoms with Gasteiger partial charge in [0.15, 0.2) is 0 Å². The van der Waals surface area contributed by atoms with Crippen LogP contribution in [0.4, 0.5) is 0 Å². The maximum absolute atomic E-state index is 11.4. The molecule has 0 aliphatic heterocycles. The molecule has 9 nitrogen and oxygen atoms in total. The topological polar surface area (TPSA) is 116 Å². The molecular formula is C24H24N6O3S. The first-order chi connectivity index (χ1) is 16.4. The van der Waals surface area contributed by atoms with E-state index in [9.17, 15) is 8.42 Å². The number of fused-ring (bicyclic) bond motifs is 2. The molecule has 3 heterocycles. The second-order valence-corrected chi connectivity index (χ2v) is 10.5. The Morgan fingerprint density at radius 3 is 2.85 bits per heavy atom. The molecule has 5 rings (SSSR count). The minimum atomic E-state index is -2.99. The molecule has 1 N–H and O–H groups in total. The smallest absolute Gasteiger partial charge is 0.147 e. The lowest BCUT2D eigenvalue weighted by molar-refractivity contribution is 0.228. The van der Waals surface area contributed by atoms with Crippen LogP contribution in [0, 0.1) is 0 Å². The number of ether oxygens (including phenoxy) is 1. The molecular weight excluding hydrogens is 452 g/mol. The highest BCUT2D eigenvalue weighted by Crippen LogP contribution is 2.32. The van der Waals surface area contributed by atoms with E-state index in [2.05, 4.69) is 25.3 Å². The zero-order valence-electron chi connectivity index (χ0n) is 18.8. The minimum Gasteiger partial charge on any atom is -0.486 e. The molecule has 0 spiro atoms. The van der Waals surface area contributed by atoms with E-state index < -0.39 is 9.84 Å². The number of hydrogen-bond acceptors (Lipinski definition) is 7. The van der Waals surface area contributed by atoms with Gasteiger partial charge in [0, 0.05) is 47.9 Å². The van der Waals surface area contributed by atoms with E-state index in [0.29, 0.717) is 18.7 Å². The average molecular weight is 477 g/mol. The highest BCUT2D eigenvalue weighted by Gasteiger charge is 2.15. The van der Waals surface area contributed by atoms with Gasteiger partial charge >= 0.3 is 0 Å². The Hall–Kier alpha value is -3.79. The van der Waals surface area contributed by atoms with Crippen LogP contribution in [0.5, 0.6) is 5.75 Å². The summed E-state index contributed by atoms with van der Waals surface area (Å²) in [5.41, 5.74) is 5.12. The standard InChI is InChI=1S/C24H24N6O3S/c1-16(19-5-3-6-22-24(19)26-10-9-25-22)33-18-7-8-21-20(13-18)23(29-28-21)17-14-27-30(15-17)11-4-12-34(2,31)32/h3,5-10,13-16H,4,11-12H2,1-2H3,(H,28,29). The van der Waals surface area contributed by atoms with Gasteiger partial charge in [-0.3, -0.25) is 19.7 Å². The van der Waals surface area contributed by atoms with Crippen LogP contribution in [0.3, 0.4) is 0 Å². The van der Waals surface area contributed by atoms with Crippen molar-refractivity contribution in [2.45, 2.75) is 26.0 Å². The number of hydrogen-bond donors (Lipinski definition) is 1. The van der Waals surface area contributed by atoms with Crippen LogP contribution in [-0.4, -0.2) is 50.4 Å². The first kappa shape index (κ1) is 22.0. The number of benzene rings is 2.